The van der Waals surface area contributed by atoms with Crippen molar-refractivity contribution in [1.29, 1.82) is 0 Å². The van der Waals surface area contributed by atoms with E-state index in [1.165, 1.54) is 11.0 Å². The number of fused-ring (bicyclic) bond motifs is 2. The Kier molecular flexibility index (Phi) is 3.16. The molecule has 3 aliphatic rings. The van der Waals surface area contributed by atoms with Crippen LogP contribution in [0.2, 0.25) is 0 Å². The van der Waals surface area contributed by atoms with E-state index in [9.17, 15) is 14.4 Å². The quantitative estimate of drug-likeness (QED) is 0.864. The second kappa shape index (κ2) is 5.42. The van der Waals surface area contributed by atoms with Crippen LogP contribution < -0.4 is 10.1 Å². The summed E-state index contributed by atoms with van der Waals surface area (Å²) >= 11 is 0. The van der Waals surface area contributed by atoms with Gasteiger partial charge in [0.2, 0.25) is 0 Å². The molecule has 0 saturated heterocycles. The third kappa shape index (κ3) is 2.22. The molecule has 6 heteroatoms. The van der Waals surface area contributed by atoms with Crippen LogP contribution in [-0.4, -0.2) is 35.3 Å². The Labute approximate surface area is 149 Å². The summed E-state index contributed by atoms with van der Waals surface area (Å²) < 4.78 is 5.58. The number of rotatable bonds is 3. The molecule has 0 aromatic heterocycles. The molecular formula is C20H16N2O4. The van der Waals surface area contributed by atoms with Crippen molar-refractivity contribution < 1.29 is 19.1 Å². The van der Waals surface area contributed by atoms with Crippen LogP contribution in [0, 0.1) is 0 Å². The fraction of sp³-hybridized carbons (Fsp3) is 0.250. The summed E-state index contributed by atoms with van der Waals surface area (Å²) in [5, 5.41) is 2.94. The first-order chi connectivity index (χ1) is 12.6. The maximum atomic E-state index is 12.6. The predicted molar refractivity (Wildman–Crippen MR) is 92.1 cm³/mol. The molecule has 1 saturated carbocycles. The number of para-hydroxylation sites is 1. The standard InChI is InChI=1S/C20H16N2O4/c23-18(21-16-10-26-17-4-2-1-3-14(16)17)11-5-8-13-15(9-11)20(25)22(19(13)24)12-6-7-12/h1-5,8-9,12,16H,6-7,10H2,(H,21,23)/t16-/m0/s1. The van der Waals surface area contributed by atoms with E-state index in [1.807, 2.05) is 24.3 Å². The zero-order chi connectivity index (χ0) is 17.8. The molecule has 0 radical (unpaired) electrons. The van der Waals surface area contributed by atoms with Crippen molar-refractivity contribution in [2.45, 2.75) is 24.9 Å². The largest absolute Gasteiger partial charge is 0.491 e. The molecule has 26 heavy (non-hydrogen) atoms. The number of carbonyl (C=O) groups is 3. The van der Waals surface area contributed by atoms with E-state index < -0.39 is 0 Å². The van der Waals surface area contributed by atoms with E-state index >= 15 is 0 Å². The predicted octanol–water partition coefficient (Wildman–Crippen LogP) is 2.31. The number of carbonyl (C=O) groups excluding carboxylic acids is 3. The van der Waals surface area contributed by atoms with Crippen LogP contribution in [0.4, 0.5) is 0 Å². The van der Waals surface area contributed by atoms with Gasteiger partial charge >= 0.3 is 0 Å². The maximum absolute atomic E-state index is 12.6. The van der Waals surface area contributed by atoms with E-state index in [-0.39, 0.29) is 29.8 Å². The van der Waals surface area contributed by atoms with Crippen LogP contribution in [0.15, 0.2) is 42.5 Å². The zero-order valence-electron chi connectivity index (χ0n) is 13.9. The van der Waals surface area contributed by atoms with Crippen molar-refractivity contribution in [3.05, 3.63) is 64.7 Å². The Morgan fingerprint density at radius 3 is 2.62 bits per heavy atom. The molecule has 3 amide bonds. The highest BCUT2D eigenvalue weighted by Gasteiger charge is 2.44. The fourth-order valence-corrected chi connectivity index (χ4v) is 3.59. The van der Waals surface area contributed by atoms with Gasteiger partial charge < -0.3 is 10.1 Å². The summed E-state index contributed by atoms with van der Waals surface area (Å²) in [5.41, 5.74) is 2.01. The van der Waals surface area contributed by atoms with Crippen LogP contribution in [0.3, 0.4) is 0 Å². The van der Waals surface area contributed by atoms with E-state index in [0.717, 1.165) is 24.2 Å². The van der Waals surface area contributed by atoms with Gasteiger partial charge in [0, 0.05) is 17.2 Å². The van der Waals surface area contributed by atoms with Crippen molar-refractivity contribution in [2.24, 2.45) is 0 Å². The monoisotopic (exact) mass is 348 g/mol. The van der Waals surface area contributed by atoms with Crippen molar-refractivity contribution in [2.75, 3.05) is 6.61 Å². The van der Waals surface area contributed by atoms with Crippen molar-refractivity contribution in [1.82, 2.24) is 10.2 Å². The Balaban J connectivity index is 1.40. The molecule has 0 spiro atoms. The molecule has 1 N–H and O–H groups in total. The molecule has 2 aliphatic heterocycles. The summed E-state index contributed by atoms with van der Waals surface area (Å²) in [7, 11) is 0. The molecule has 2 heterocycles. The van der Waals surface area contributed by atoms with Gasteiger partial charge in [-0.05, 0) is 37.1 Å². The highest BCUT2D eigenvalue weighted by Crippen LogP contribution is 2.35. The Morgan fingerprint density at radius 2 is 1.81 bits per heavy atom. The van der Waals surface area contributed by atoms with Gasteiger partial charge in [0.1, 0.15) is 12.4 Å². The van der Waals surface area contributed by atoms with Gasteiger partial charge in [0.05, 0.1) is 17.2 Å². The first kappa shape index (κ1) is 15.1. The topological polar surface area (TPSA) is 75.7 Å². The van der Waals surface area contributed by atoms with E-state index in [4.69, 9.17) is 4.74 Å². The lowest BCUT2D eigenvalue weighted by atomic mass is 10.0. The van der Waals surface area contributed by atoms with Crippen molar-refractivity contribution >= 4 is 17.7 Å². The minimum atomic E-state index is -0.295. The number of nitrogens with one attached hydrogen (secondary N) is 1. The Morgan fingerprint density at radius 1 is 1.04 bits per heavy atom. The second-order valence-electron chi connectivity index (χ2n) is 6.85. The van der Waals surface area contributed by atoms with Crippen LogP contribution >= 0.6 is 0 Å². The molecule has 2 aromatic carbocycles. The normalized spacial score (nSPS) is 20.6. The van der Waals surface area contributed by atoms with Crippen LogP contribution in [0.5, 0.6) is 5.75 Å². The lowest BCUT2D eigenvalue weighted by Gasteiger charge is -2.12. The Bertz CT molecular complexity index is 964. The molecule has 6 nitrogen and oxygen atoms in total. The van der Waals surface area contributed by atoms with Gasteiger partial charge in [0.25, 0.3) is 17.7 Å². The number of nitrogens with zero attached hydrogens (tertiary/aromatic N) is 1. The summed E-state index contributed by atoms with van der Waals surface area (Å²) in [4.78, 5) is 38.9. The smallest absolute Gasteiger partial charge is 0.261 e. The van der Waals surface area contributed by atoms with Crippen LogP contribution in [-0.2, 0) is 0 Å². The first-order valence-electron chi connectivity index (χ1n) is 8.68. The number of benzene rings is 2. The highest BCUT2D eigenvalue weighted by atomic mass is 16.5. The lowest BCUT2D eigenvalue weighted by molar-refractivity contribution is 0.0642. The van der Waals surface area contributed by atoms with Crippen LogP contribution in [0.25, 0.3) is 0 Å². The maximum Gasteiger partial charge on any atom is 0.261 e. The number of hydrogen-bond donors (Lipinski definition) is 1. The molecule has 5 rings (SSSR count). The van der Waals surface area contributed by atoms with E-state index in [2.05, 4.69) is 5.32 Å². The zero-order valence-corrected chi connectivity index (χ0v) is 13.9. The van der Waals surface area contributed by atoms with Gasteiger partial charge in [-0.2, -0.15) is 0 Å². The summed E-state index contributed by atoms with van der Waals surface area (Å²) in [5.74, 6) is -0.0647. The minimum absolute atomic E-state index is 0.0202. The molecule has 1 aliphatic carbocycles. The second-order valence-corrected chi connectivity index (χ2v) is 6.85. The van der Waals surface area contributed by atoms with Gasteiger partial charge in [-0.15, -0.1) is 0 Å². The molecule has 130 valence electrons. The van der Waals surface area contributed by atoms with E-state index in [0.29, 0.717) is 23.3 Å². The summed E-state index contributed by atoms with van der Waals surface area (Å²) in [6.07, 6.45) is 1.72. The average Bonchev–Trinajstić information content (AvgIpc) is 3.36. The molecule has 1 fully saturated rings. The van der Waals surface area contributed by atoms with Crippen molar-refractivity contribution in [3.63, 3.8) is 0 Å². The average molecular weight is 348 g/mol. The summed E-state index contributed by atoms with van der Waals surface area (Å²) in [6.45, 7) is 0.378. The number of amides is 3. The number of ether oxygens (including phenoxy) is 1. The third-order valence-electron chi connectivity index (χ3n) is 5.10. The van der Waals surface area contributed by atoms with Gasteiger partial charge in [-0.25, -0.2) is 0 Å². The van der Waals surface area contributed by atoms with Gasteiger partial charge in [-0.3, -0.25) is 19.3 Å². The highest BCUT2D eigenvalue weighted by molar-refractivity contribution is 6.22. The first-order valence-corrected chi connectivity index (χ1v) is 8.68. The van der Waals surface area contributed by atoms with Gasteiger partial charge in [0.15, 0.2) is 0 Å². The molecular weight excluding hydrogens is 332 g/mol. The van der Waals surface area contributed by atoms with E-state index in [1.54, 1.807) is 12.1 Å². The minimum Gasteiger partial charge on any atom is -0.491 e. The van der Waals surface area contributed by atoms with Crippen molar-refractivity contribution in [3.8, 4) is 5.75 Å². The fourth-order valence-electron chi connectivity index (χ4n) is 3.59. The molecule has 1 atom stereocenters. The molecule has 2 aromatic rings. The number of imide groups is 1. The molecule has 0 bridgehead atoms. The number of hydrogen-bond acceptors (Lipinski definition) is 4. The lowest BCUT2D eigenvalue weighted by Crippen LogP contribution is -2.31. The Hall–Kier alpha value is -3.15. The molecule has 0 unspecified atom stereocenters. The van der Waals surface area contributed by atoms with Crippen LogP contribution in [0.1, 0.15) is 55.5 Å². The third-order valence-corrected chi connectivity index (χ3v) is 5.10. The SMILES string of the molecule is O=C(N[C@H]1COc2ccccc21)c1ccc2c(c1)C(=O)N(C1CC1)C2=O. The summed E-state index contributed by atoms with van der Waals surface area (Å²) in [6, 6.07) is 12.1. The van der Waals surface area contributed by atoms with Gasteiger partial charge in [-0.1, -0.05) is 18.2 Å².